The van der Waals surface area contributed by atoms with Gasteiger partial charge < -0.3 is 14.4 Å². The molecule has 2 fully saturated rings. The third-order valence-electron chi connectivity index (χ3n) is 4.27. The van der Waals surface area contributed by atoms with Crippen LogP contribution in [0.2, 0.25) is 0 Å². The largest absolute Gasteiger partial charge is 0.481 e. The predicted molar refractivity (Wildman–Crippen MR) is 72.4 cm³/mol. The second-order valence-electron chi connectivity index (χ2n) is 5.34. The van der Waals surface area contributed by atoms with Gasteiger partial charge in [-0.05, 0) is 31.1 Å². The topological polar surface area (TPSA) is 47.5 Å². The van der Waals surface area contributed by atoms with Crippen molar-refractivity contribution in [3.63, 3.8) is 0 Å². The summed E-state index contributed by atoms with van der Waals surface area (Å²) in [6, 6.07) is 1.79. The van der Waals surface area contributed by atoms with Gasteiger partial charge in [0.25, 0.3) is 0 Å². The molecule has 2 aliphatic heterocycles. The van der Waals surface area contributed by atoms with Gasteiger partial charge in [-0.1, -0.05) is 0 Å². The maximum absolute atomic E-state index is 5.45. The molecule has 19 heavy (non-hydrogen) atoms. The average Bonchev–Trinajstić information content (AvgIpc) is 2.98. The van der Waals surface area contributed by atoms with Gasteiger partial charge in [-0.2, -0.15) is 4.98 Å². The third-order valence-corrected chi connectivity index (χ3v) is 4.27. The summed E-state index contributed by atoms with van der Waals surface area (Å²) in [5, 5.41) is 0. The van der Waals surface area contributed by atoms with Crippen molar-refractivity contribution >= 4 is 5.95 Å². The van der Waals surface area contributed by atoms with Crippen LogP contribution in [0.5, 0.6) is 5.88 Å². The zero-order valence-electron chi connectivity index (χ0n) is 11.4. The van der Waals surface area contributed by atoms with Gasteiger partial charge in [-0.25, -0.2) is 4.98 Å². The van der Waals surface area contributed by atoms with E-state index in [0.29, 0.717) is 5.88 Å². The van der Waals surface area contributed by atoms with Crippen LogP contribution in [-0.2, 0) is 4.74 Å². The maximum Gasteiger partial charge on any atom is 0.228 e. The standard InChI is InChI=1S/C14H21N3O2/c1-18-13-2-6-15-14(16-13)17-7-3-12(10-17)11-4-8-19-9-5-11/h2,6,11-12H,3-5,7-10H2,1H3/t12-/m1/s1. The molecule has 3 heterocycles. The smallest absolute Gasteiger partial charge is 0.228 e. The molecule has 1 aromatic rings. The quantitative estimate of drug-likeness (QED) is 0.831. The Morgan fingerprint density at radius 1 is 1.26 bits per heavy atom. The van der Waals surface area contributed by atoms with E-state index in [2.05, 4.69) is 14.9 Å². The summed E-state index contributed by atoms with van der Waals surface area (Å²) in [4.78, 5) is 11.1. The molecule has 0 bridgehead atoms. The number of rotatable bonds is 3. The molecule has 0 N–H and O–H groups in total. The lowest BCUT2D eigenvalue weighted by atomic mass is 9.85. The highest BCUT2D eigenvalue weighted by atomic mass is 16.5. The van der Waals surface area contributed by atoms with Crippen molar-refractivity contribution in [2.75, 3.05) is 38.3 Å². The molecule has 0 unspecified atom stereocenters. The van der Waals surface area contributed by atoms with Crippen molar-refractivity contribution in [2.45, 2.75) is 19.3 Å². The fraction of sp³-hybridized carbons (Fsp3) is 0.714. The van der Waals surface area contributed by atoms with Crippen LogP contribution in [0.4, 0.5) is 5.95 Å². The Bertz CT molecular complexity index is 421. The number of hydrogen-bond donors (Lipinski definition) is 0. The van der Waals surface area contributed by atoms with Crippen LogP contribution in [0.15, 0.2) is 12.3 Å². The molecule has 1 aromatic heterocycles. The van der Waals surface area contributed by atoms with Crippen molar-refractivity contribution in [3.05, 3.63) is 12.3 Å². The summed E-state index contributed by atoms with van der Waals surface area (Å²) in [5.74, 6) is 3.01. The molecule has 0 aliphatic carbocycles. The highest BCUT2D eigenvalue weighted by molar-refractivity contribution is 5.33. The van der Waals surface area contributed by atoms with Crippen molar-refractivity contribution in [2.24, 2.45) is 11.8 Å². The first kappa shape index (κ1) is 12.7. The number of aromatic nitrogens is 2. The first-order valence-electron chi connectivity index (χ1n) is 7.06. The van der Waals surface area contributed by atoms with Crippen LogP contribution >= 0.6 is 0 Å². The molecule has 2 saturated heterocycles. The Labute approximate surface area is 113 Å². The molecular weight excluding hydrogens is 242 g/mol. The summed E-state index contributed by atoms with van der Waals surface area (Å²) < 4.78 is 10.6. The summed E-state index contributed by atoms with van der Waals surface area (Å²) in [5.41, 5.74) is 0. The van der Waals surface area contributed by atoms with Gasteiger partial charge in [-0.15, -0.1) is 0 Å². The van der Waals surface area contributed by atoms with Crippen molar-refractivity contribution < 1.29 is 9.47 Å². The normalized spacial score (nSPS) is 24.7. The Morgan fingerprint density at radius 2 is 2.11 bits per heavy atom. The highest BCUT2D eigenvalue weighted by Gasteiger charge is 2.31. The van der Waals surface area contributed by atoms with Crippen LogP contribution < -0.4 is 9.64 Å². The van der Waals surface area contributed by atoms with E-state index in [-0.39, 0.29) is 0 Å². The van der Waals surface area contributed by atoms with E-state index in [9.17, 15) is 0 Å². The van der Waals surface area contributed by atoms with E-state index in [0.717, 1.165) is 44.1 Å². The molecule has 5 nitrogen and oxygen atoms in total. The van der Waals surface area contributed by atoms with E-state index in [1.807, 2.05) is 0 Å². The second-order valence-corrected chi connectivity index (χ2v) is 5.34. The molecule has 3 rings (SSSR count). The van der Waals surface area contributed by atoms with Gasteiger partial charge >= 0.3 is 0 Å². The molecule has 0 spiro atoms. The third kappa shape index (κ3) is 2.81. The number of nitrogens with zero attached hydrogens (tertiary/aromatic N) is 3. The number of ether oxygens (including phenoxy) is 2. The van der Waals surface area contributed by atoms with Crippen LogP contribution in [0.3, 0.4) is 0 Å². The van der Waals surface area contributed by atoms with Crippen LogP contribution in [0.1, 0.15) is 19.3 Å². The maximum atomic E-state index is 5.45. The summed E-state index contributed by atoms with van der Waals surface area (Å²) >= 11 is 0. The minimum atomic E-state index is 0.638. The monoisotopic (exact) mass is 263 g/mol. The van der Waals surface area contributed by atoms with Gasteiger partial charge in [0.1, 0.15) is 0 Å². The average molecular weight is 263 g/mol. The van der Waals surface area contributed by atoms with Gasteiger partial charge in [-0.3, -0.25) is 0 Å². The van der Waals surface area contributed by atoms with Gasteiger partial charge in [0.05, 0.1) is 7.11 Å². The van der Waals surface area contributed by atoms with Gasteiger partial charge in [0, 0.05) is 38.6 Å². The van der Waals surface area contributed by atoms with E-state index >= 15 is 0 Å². The Balaban J connectivity index is 1.64. The molecule has 0 radical (unpaired) electrons. The van der Waals surface area contributed by atoms with Crippen LogP contribution in [0.25, 0.3) is 0 Å². The number of methoxy groups -OCH3 is 1. The zero-order valence-corrected chi connectivity index (χ0v) is 11.4. The molecule has 2 aliphatic rings. The molecule has 0 aromatic carbocycles. The Kier molecular flexibility index (Phi) is 3.82. The Morgan fingerprint density at radius 3 is 2.89 bits per heavy atom. The Hall–Kier alpha value is -1.36. The first-order chi connectivity index (χ1) is 9.36. The predicted octanol–water partition coefficient (Wildman–Crippen LogP) is 1.74. The van der Waals surface area contributed by atoms with E-state index < -0.39 is 0 Å². The van der Waals surface area contributed by atoms with Gasteiger partial charge in [0.2, 0.25) is 11.8 Å². The van der Waals surface area contributed by atoms with Gasteiger partial charge in [0.15, 0.2) is 0 Å². The number of anilines is 1. The molecule has 0 saturated carbocycles. The van der Waals surface area contributed by atoms with Crippen molar-refractivity contribution in [3.8, 4) is 5.88 Å². The van der Waals surface area contributed by atoms with E-state index in [4.69, 9.17) is 9.47 Å². The lowest BCUT2D eigenvalue weighted by Gasteiger charge is -2.27. The second kappa shape index (κ2) is 5.74. The SMILES string of the molecule is COc1ccnc(N2CC[C@@H](C3CCOCC3)C2)n1. The minimum Gasteiger partial charge on any atom is -0.481 e. The molecule has 1 atom stereocenters. The summed E-state index contributed by atoms with van der Waals surface area (Å²) in [6.07, 6.45) is 5.42. The van der Waals surface area contributed by atoms with Crippen molar-refractivity contribution in [1.29, 1.82) is 0 Å². The molecule has 104 valence electrons. The lowest BCUT2D eigenvalue weighted by Crippen LogP contribution is -2.27. The summed E-state index contributed by atoms with van der Waals surface area (Å²) in [6.45, 7) is 3.97. The summed E-state index contributed by atoms with van der Waals surface area (Å²) in [7, 11) is 1.64. The molecular formula is C14H21N3O2. The van der Waals surface area contributed by atoms with E-state index in [1.54, 1.807) is 19.4 Å². The highest BCUT2D eigenvalue weighted by Crippen LogP contribution is 2.32. The lowest BCUT2D eigenvalue weighted by molar-refractivity contribution is 0.0500. The minimum absolute atomic E-state index is 0.638. The zero-order chi connectivity index (χ0) is 13.1. The molecule has 5 heteroatoms. The van der Waals surface area contributed by atoms with Crippen LogP contribution in [0, 0.1) is 11.8 Å². The number of hydrogen-bond acceptors (Lipinski definition) is 5. The fourth-order valence-electron chi connectivity index (χ4n) is 3.14. The van der Waals surface area contributed by atoms with E-state index in [1.165, 1.54) is 19.3 Å². The fourth-order valence-corrected chi connectivity index (χ4v) is 3.14. The molecule has 0 amide bonds. The first-order valence-corrected chi connectivity index (χ1v) is 7.06. The van der Waals surface area contributed by atoms with Crippen LogP contribution in [-0.4, -0.2) is 43.4 Å². The van der Waals surface area contributed by atoms with Crippen molar-refractivity contribution in [1.82, 2.24) is 9.97 Å².